The first kappa shape index (κ1) is 18.4. The van der Waals surface area contributed by atoms with Gasteiger partial charge in [0.25, 0.3) is 0 Å². The molecule has 24 heavy (non-hydrogen) atoms. The van der Waals surface area contributed by atoms with Crippen LogP contribution in [0.2, 0.25) is 5.02 Å². The Bertz CT molecular complexity index is 594. The standard InChI is InChI=1S/C17H24ClN3O3/c1-3-10-24-16-14(18)7-4-8-15(16)20-17(23)19-13-6-5-9-21(11-13)12(2)22/h4,7-8,13H,3,5-6,9-11H2,1-2H3,(H2,19,20,23)/t13-/m1/s1. The monoisotopic (exact) mass is 353 g/mol. The van der Waals surface area contributed by atoms with Crippen molar-refractivity contribution in [2.24, 2.45) is 0 Å². The summed E-state index contributed by atoms with van der Waals surface area (Å²) in [5.74, 6) is 0.511. The van der Waals surface area contributed by atoms with Crippen LogP contribution in [0.3, 0.4) is 0 Å². The Morgan fingerprint density at radius 3 is 2.92 bits per heavy atom. The molecule has 1 atom stereocenters. The number of piperidine rings is 1. The first-order valence-corrected chi connectivity index (χ1v) is 8.63. The van der Waals surface area contributed by atoms with Crippen molar-refractivity contribution in [1.29, 1.82) is 0 Å². The summed E-state index contributed by atoms with van der Waals surface area (Å²) >= 11 is 6.15. The molecule has 1 fully saturated rings. The van der Waals surface area contributed by atoms with Gasteiger partial charge in [-0.1, -0.05) is 24.6 Å². The predicted octanol–water partition coefficient (Wildman–Crippen LogP) is 3.26. The minimum absolute atomic E-state index is 0.0343. The van der Waals surface area contributed by atoms with E-state index in [-0.39, 0.29) is 18.0 Å². The Morgan fingerprint density at radius 1 is 1.42 bits per heavy atom. The average molecular weight is 354 g/mol. The molecular formula is C17H24ClN3O3. The molecule has 0 saturated carbocycles. The Hall–Kier alpha value is -1.95. The van der Waals surface area contributed by atoms with Crippen LogP contribution >= 0.6 is 11.6 Å². The van der Waals surface area contributed by atoms with Gasteiger partial charge < -0.3 is 20.3 Å². The molecule has 1 heterocycles. The quantitative estimate of drug-likeness (QED) is 0.853. The molecule has 1 aliphatic heterocycles. The summed E-state index contributed by atoms with van der Waals surface area (Å²) in [5, 5.41) is 6.16. The highest BCUT2D eigenvalue weighted by Crippen LogP contribution is 2.33. The molecule has 132 valence electrons. The highest BCUT2D eigenvalue weighted by Gasteiger charge is 2.23. The molecule has 1 aromatic carbocycles. The van der Waals surface area contributed by atoms with Gasteiger partial charge in [-0.2, -0.15) is 0 Å². The SMILES string of the molecule is CCCOc1c(Cl)cccc1NC(=O)N[C@@H]1CCCN(C(C)=O)C1. The molecule has 1 aliphatic rings. The van der Waals surface area contributed by atoms with Crippen molar-refractivity contribution in [2.75, 3.05) is 25.0 Å². The Balaban J connectivity index is 1.97. The number of hydrogen-bond donors (Lipinski definition) is 2. The van der Waals surface area contributed by atoms with E-state index in [0.717, 1.165) is 25.8 Å². The molecule has 0 unspecified atom stereocenters. The number of anilines is 1. The van der Waals surface area contributed by atoms with E-state index in [1.54, 1.807) is 30.0 Å². The summed E-state index contributed by atoms with van der Waals surface area (Å²) in [5.41, 5.74) is 0.535. The fourth-order valence-corrected chi connectivity index (χ4v) is 2.91. The fraction of sp³-hybridized carbons (Fsp3) is 0.529. The van der Waals surface area contributed by atoms with Gasteiger partial charge in [-0.3, -0.25) is 4.79 Å². The van der Waals surface area contributed by atoms with Crippen LogP contribution in [0, 0.1) is 0 Å². The van der Waals surface area contributed by atoms with Crippen LogP contribution in [-0.2, 0) is 4.79 Å². The number of nitrogens with zero attached hydrogens (tertiary/aromatic N) is 1. The third kappa shape index (κ3) is 5.03. The number of urea groups is 1. The number of ether oxygens (including phenoxy) is 1. The molecule has 3 amide bonds. The second kappa shape index (κ2) is 8.78. The van der Waals surface area contributed by atoms with Crippen molar-refractivity contribution < 1.29 is 14.3 Å². The van der Waals surface area contributed by atoms with Crippen LogP contribution in [0.4, 0.5) is 10.5 Å². The lowest BCUT2D eigenvalue weighted by Gasteiger charge is -2.32. The molecule has 2 rings (SSSR count). The molecular weight excluding hydrogens is 330 g/mol. The predicted molar refractivity (Wildman–Crippen MR) is 94.7 cm³/mol. The minimum atomic E-state index is -0.325. The molecule has 1 saturated heterocycles. The molecule has 0 bridgehead atoms. The van der Waals surface area contributed by atoms with Crippen molar-refractivity contribution >= 4 is 29.2 Å². The number of likely N-dealkylation sites (tertiary alicyclic amines) is 1. The van der Waals surface area contributed by atoms with E-state index in [1.807, 2.05) is 6.92 Å². The van der Waals surface area contributed by atoms with Gasteiger partial charge in [0.2, 0.25) is 5.91 Å². The first-order chi connectivity index (χ1) is 11.5. The number of nitrogens with one attached hydrogen (secondary N) is 2. The lowest BCUT2D eigenvalue weighted by Crippen LogP contribution is -2.50. The summed E-state index contributed by atoms with van der Waals surface area (Å²) in [6.07, 6.45) is 2.58. The number of carbonyl (C=O) groups excluding carboxylic acids is 2. The van der Waals surface area contributed by atoms with Gasteiger partial charge >= 0.3 is 6.03 Å². The smallest absolute Gasteiger partial charge is 0.319 e. The zero-order valence-electron chi connectivity index (χ0n) is 14.1. The molecule has 2 N–H and O–H groups in total. The van der Waals surface area contributed by atoms with Crippen molar-refractivity contribution in [1.82, 2.24) is 10.2 Å². The van der Waals surface area contributed by atoms with Crippen LogP contribution in [0.5, 0.6) is 5.75 Å². The fourth-order valence-electron chi connectivity index (χ4n) is 2.68. The molecule has 0 aromatic heterocycles. The van der Waals surface area contributed by atoms with Gasteiger partial charge in [0.15, 0.2) is 5.75 Å². The minimum Gasteiger partial charge on any atom is -0.490 e. The Morgan fingerprint density at radius 2 is 2.21 bits per heavy atom. The normalized spacial score (nSPS) is 17.3. The van der Waals surface area contributed by atoms with Crippen molar-refractivity contribution in [2.45, 2.75) is 39.2 Å². The van der Waals surface area contributed by atoms with E-state index < -0.39 is 0 Å². The summed E-state index contributed by atoms with van der Waals surface area (Å²) in [4.78, 5) is 25.5. The van der Waals surface area contributed by atoms with Crippen LogP contribution in [0.15, 0.2) is 18.2 Å². The van der Waals surface area contributed by atoms with Gasteiger partial charge in [0, 0.05) is 26.1 Å². The van der Waals surface area contributed by atoms with Gasteiger partial charge in [0.05, 0.1) is 17.3 Å². The second-order valence-electron chi connectivity index (χ2n) is 5.87. The number of halogens is 1. The van der Waals surface area contributed by atoms with Crippen LogP contribution in [-0.4, -0.2) is 42.6 Å². The lowest BCUT2D eigenvalue weighted by molar-refractivity contribution is -0.130. The van der Waals surface area contributed by atoms with Crippen LogP contribution < -0.4 is 15.4 Å². The maximum absolute atomic E-state index is 12.3. The highest BCUT2D eigenvalue weighted by molar-refractivity contribution is 6.32. The summed E-state index contributed by atoms with van der Waals surface area (Å²) < 4.78 is 5.63. The number of rotatable bonds is 5. The zero-order chi connectivity index (χ0) is 17.5. The topological polar surface area (TPSA) is 70.7 Å². The number of carbonyl (C=O) groups is 2. The van der Waals surface area contributed by atoms with Gasteiger partial charge in [-0.05, 0) is 31.4 Å². The summed E-state index contributed by atoms with van der Waals surface area (Å²) in [7, 11) is 0. The molecule has 6 nitrogen and oxygen atoms in total. The molecule has 0 spiro atoms. The largest absolute Gasteiger partial charge is 0.490 e. The van der Waals surface area contributed by atoms with Gasteiger partial charge in [-0.15, -0.1) is 0 Å². The van der Waals surface area contributed by atoms with E-state index >= 15 is 0 Å². The molecule has 1 aromatic rings. The number of benzene rings is 1. The molecule has 0 aliphatic carbocycles. The second-order valence-corrected chi connectivity index (χ2v) is 6.27. The number of para-hydroxylation sites is 1. The van der Waals surface area contributed by atoms with E-state index in [2.05, 4.69) is 10.6 Å². The number of hydrogen-bond acceptors (Lipinski definition) is 3. The van der Waals surface area contributed by atoms with Crippen molar-refractivity contribution in [3.63, 3.8) is 0 Å². The molecule has 7 heteroatoms. The van der Waals surface area contributed by atoms with Gasteiger partial charge in [0.1, 0.15) is 0 Å². The molecule has 0 radical (unpaired) electrons. The zero-order valence-corrected chi connectivity index (χ0v) is 14.9. The third-order valence-electron chi connectivity index (χ3n) is 3.87. The van der Waals surface area contributed by atoms with Crippen LogP contribution in [0.25, 0.3) is 0 Å². The van der Waals surface area contributed by atoms with E-state index in [9.17, 15) is 9.59 Å². The third-order valence-corrected chi connectivity index (χ3v) is 4.17. The lowest BCUT2D eigenvalue weighted by atomic mass is 10.1. The van der Waals surface area contributed by atoms with Crippen LogP contribution in [0.1, 0.15) is 33.1 Å². The van der Waals surface area contributed by atoms with E-state index in [4.69, 9.17) is 16.3 Å². The summed E-state index contributed by atoms with van der Waals surface area (Å²) in [6.45, 7) is 5.36. The maximum Gasteiger partial charge on any atom is 0.319 e. The Kier molecular flexibility index (Phi) is 6.73. The van der Waals surface area contributed by atoms with Crippen molar-refractivity contribution in [3.05, 3.63) is 23.2 Å². The maximum atomic E-state index is 12.3. The van der Waals surface area contributed by atoms with Gasteiger partial charge in [-0.25, -0.2) is 4.79 Å². The highest BCUT2D eigenvalue weighted by atomic mass is 35.5. The number of amides is 3. The van der Waals surface area contributed by atoms with E-state index in [1.165, 1.54) is 0 Å². The van der Waals surface area contributed by atoms with Crippen molar-refractivity contribution in [3.8, 4) is 5.75 Å². The average Bonchev–Trinajstić information content (AvgIpc) is 2.54. The first-order valence-electron chi connectivity index (χ1n) is 8.25. The van der Waals surface area contributed by atoms with E-state index in [0.29, 0.717) is 29.6 Å². The Labute approximate surface area is 147 Å². The summed E-state index contributed by atoms with van der Waals surface area (Å²) in [6, 6.07) is 4.85.